The number of methoxy groups -OCH3 is 1. The summed E-state index contributed by atoms with van der Waals surface area (Å²) in [5.41, 5.74) is 3.36. The van der Waals surface area contributed by atoms with Gasteiger partial charge in [-0.05, 0) is 42.0 Å². The minimum atomic E-state index is -0.140. The molecule has 5 nitrogen and oxygen atoms in total. The zero-order valence-corrected chi connectivity index (χ0v) is 17.7. The Balaban J connectivity index is 1.43. The van der Waals surface area contributed by atoms with Crippen LogP contribution in [0.4, 0.5) is 0 Å². The molecule has 0 amide bonds. The van der Waals surface area contributed by atoms with E-state index in [2.05, 4.69) is 4.90 Å². The zero-order chi connectivity index (χ0) is 21.4. The average Bonchev–Trinajstić information content (AvgIpc) is 3.11. The molecule has 0 aromatic heterocycles. The Kier molecular flexibility index (Phi) is 5.14. The molecule has 5 rings (SSSR count). The predicted molar refractivity (Wildman–Crippen MR) is 119 cm³/mol. The van der Waals surface area contributed by atoms with E-state index in [1.807, 2.05) is 54.6 Å². The van der Waals surface area contributed by atoms with Crippen LogP contribution < -0.4 is 14.2 Å². The fraction of sp³-hybridized carbons (Fsp3) is 0.160. The monoisotopic (exact) mass is 433 g/mol. The van der Waals surface area contributed by atoms with Crippen molar-refractivity contribution in [3.8, 4) is 17.2 Å². The summed E-state index contributed by atoms with van der Waals surface area (Å²) in [5.74, 6) is 2.14. The lowest BCUT2D eigenvalue weighted by atomic mass is 10.0. The van der Waals surface area contributed by atoms with Gasteiger partial charge < -0.3 is 14.2 Å². The van der Waals surface area contributed by atoms with E-state index >= 15 is 0 Å². The van der Waals surface area contributed by atoms with Crippen molar-refractivity contribution in [1.82, 2.24) is 4.90 Å². The van der Waals surface area contributed by atoms with Gasteiger partial charge in [-0.25, -0.2) is 0 Å². The van der Waals surface area contributed by atoms with Gasteiger partial charge in [0.05, 0.1) is 18.2 Å². The molecule has 3 aromatic rings. The maximum absolute atomic E-state index is 13.0. The number of Topliss-reactive ketones (excluding diaryl/α,β-unsaturated/α-hetero) is 1. The third kappa shape index (κ3) is 3.78. The number of nitrogens with zero attached hydrogens (tertiary/aromatic N) is 1. The van der Waals surface area contributed by atoms with Crippen LogP contribution in [0.1, 0.15) is 27.0 Å². The first-order chi connectivity index (χ1) is 15.1. The second kappa shape index (κ2) is 8.10. The van der Waals surface area contributed by atoms with Gasteiger partial charge in [0.15, 0.2) is 5.76 Å². The molecule has 0 unspecified atom stereocenters. The first kappa shape index (κ1) is 19.7. The lowest BCUT2D eigenvalue weighted by molar-refractivity contribution is 0.0873. The molecule has 0 bridgehead atoms. The number of fused-ring (bicyclic) bond motifs is 3. The van der Waals surface area contributed by atoms with E-state index in [0.717, 1.165) is 22.4 Å². The molecule has 156 valence electrons. The van der Waals surface area contributed by atoms with Gasteiger partial charge >= 0.3 is 0 Å². The number of para-hydroxylation sites is 1. The lowest BCUT2D eigenvalue weighted by Crippen LogP contribution is -2.31. The Morgan fingerprint density at radius 1 is 1.10 bits per heavy atom. The number of rotatable bonds is 4. The van der Waals surface area contributed by atoms with Crippen molar-refractivity contribution in [2.24, 2.45) is 0 Å². The molecule has 6 heteroatoms. The molecule has 2 aliphatic heterocycles. The van der Waals surface area contributed by atoms with Crippen molar-refractivity contribution >= 4 is 23.5 Å². The summed E-state index contributed by atoms with van der Waals surface area (Å²) in [7, 11) is 1.60. The van der Waals surface area contributed by atoms with Crippen LogP contribution in [-0.4, -0.2) is 24.5 Å². The van der Waals surface area contributed by atoms with Gasteiger partial charge in [0.1, 0.15) is 24.0 Å². The molecule has 2 heterocycles. The van der Waals surface area contributed by atoms with Gasteiger partial charge in [-0.1, -0.05) is 41.9 Å². The van der Waals surface area contributed by atoms with E-state index < -0.39 is 0 Å². The highest BCUT2D eigenvalue weighted by atomic mass is 35.5. The van der Waals surface area contributed by atoms with Crippen LogP contribution in [0.3, 0.4) is 0 Å². The lowest BCUT2D eigenvalue weighted by Gasteiger charge is -2.29. The summed E-state index contributed by atoms with van der Waals surface area (Å²) in [6, 6.07) is 18.9. The van der Waals surface area contributed by atoms with Crippen LogP contribution in [0.25, 0.3) is 6.08 Å². The number of benzene rings is 3. The molecule has 0 atom stereocenters. The van der Waals surface area contributed by atoms with E-state index in [1.165, 1.54) is 0 Å². The smallest absolute Gasteiger partial charge is 0.231 e. The van der Waals surface area contributed by atoms with Crippen LogP contribution in [0.5, 0.6) is 17.2 Å². The Bertz CT molecular complexity index is 1190. The van der Waals surface area contributed by atoms with Gasteiger partial charge in [0.25, 0.3) is 0 Å². The molecule has 2 aliphatic rings. The number of carbonyl (C=O) groups excluding carboxylic acids is 1. The molecule has 0 spiro atoms. The fourth-order valence-electron chi connectivity index (χ4n) is 3.88. The second-order valence-corrected chi connectivity index (χ2v) is 7.92. The van der Waals surface area contributed by atoms with Crippen LogP contribution in [0, 0.1) is 0 Å². The summed E-state index contributed by atoms with van der Waals surface area (Å²) in [4.78, 5) is 15.1. The number of ketones is 1. The molecule has 0 N–H and O–H groups in total. The Hall–Kier alpha value is -3.28. The molecular weight excluding hydrogens is 414 g/mol. The minimum Gasteiger partial charge on any atom is -0.496 e. The van der Waals surface area contributed by atoms with Crippen molar-refractivity contribution in [2.45, 2.75) is 13.1 Å². The summed E-state index contributed by atoms with van der Waals surface area (Å²) >= 11 is 5.99. The van der Waals surface area contributed by atoms with Gasteiger partial charge in [-0.3, -0.25) is 9.69 Å². The van der Waals surface area contributed by atoms with E-state index in [9.17, 15) is 4.79 Å². The molecule has 0 saturated carbocycles. The van der Waals surface area contributed by atoms with Crippen molar-refractivity contribution in [2.75, 3.05) is 13.8 Å². The van der Waals surface area contributed by atoms with Crippen molar-refractivity contribution in [3.63, 3.8) is 0 Å². The minimum absolute atomic E-state index is 0.140. The summed E-state index contributed by atoms with van der Waals surface area (Å²) < 4.78 is 17.4. The number of ether oxygens (including phenoxy) is 3. The third-order valence-electron chi connectivity index (χ3n) is 5.43. The number of allylic oxidation sites excluding steroid dienone is 1. The Morgan fingerprint density at radius 3 is 2.71 bits per heavy atom. The van der Waals surface area contributed by atoms with E-state index in [-0.39, 0.29) is 11.5 Å². The summed E-state index contributed by atoms with van der Waals surface area (Å²) in [6.45, 7) is 1.79. The Morgan fingerprint density at radius 2 is 1.90 bits per heavy atom. The normalized spacial score (nSPS) is 16.5. The van der Waals surface area contributed by atoms with E-state index in [4.69, 9.17) is 25.8 Å². The number of halogens is 1. The van der Waals surface area contributed by atoms with Crippen molar-refractivity contribution < 1.29 is 19.0 Å². The van der Waals surface area contributed by atoms with Crippen LogP contribution in [-0.2, 0) is 13.1 Å². The number of hydrogen-bond acceptors (Lipinski definition) is 5. The number of hydrogen-bond donors (Lipinski definition) is 0. The maximum atomic E-state index is 13.0. The topological polar surface area (TPSA) is 48.0 Å². The molecule has 0 fully saturated rings. The van der Waals surface area contributed by atoms with Gasteiger partial charge in [0.2, 0.25) is 5.78 Å². The molecular formula is C25H20ClNO4. The zero-order valence-electron chi connectivity index (χ0n) is 16.9. The fourth-order valence-corrected chi connectivity index (χ4v) is 4.01. The standard InChI is InChI=1S/C25H20ClNO4/c1-29-21-5-3-2-4-17(21)12-23-24(28)19-10-11-22-20(25(19)31-23)14-27(15-30-22)13-16-6-8-18(26)9-7-16/h2-12H,13-15H2,1H3/b23-12-. The first-order valence-electron chi connectivity index (χ1n) is 9.95. The van der Waals surface area contributed by atoms with Gasteiger partial charge in [-0.2, -0.15) is 0 Å². The molecule has 0 aliphatic carbocycles. The predicted octanol–water partition coefficient (Wildman–Crippen LogP) is 5.32. The van der Waals surface area contributed by atoms with Crippen molar-refractivity contribution in [3.05, 3.63) is 93.7 Å². The summed E-state index contributed by atoms with van der Waals surface area (Å²) in [5, 5.41) is 0.711. The largest absolute Gasteiger partial charge is 0.496 e. The van der Waals surface area contributed by atoms with E-state index in [0.29, 0.717) is 41.9 Å². The molecule has 3 aromatic carbocycles. The SMILES string of the molecule is COc1ccccc1/C=C1\Oc2c(ccc3c2CN(Cc2ccc(Cl)cc2)CO3)C1=O. The number of carbonyl (C=O) groups is 1. The average molecular weight is 434 g/mol. The molecule has 31 heavy (non-hydrogen) atoms. The highest BCUT2D eigenvalue weighted by Gasteiger charge is 2.33. The quantitative estimate of drug-likeness (QED) is 0.521. The van der Waals surface area contributed by atoms with Gasteiger partial charge in [0, 0.05) is 23.7 Å². The first-order valence-corrected chi connectivity index (χ1v) is 10.3. The van der Waals surface area contributed by atoms with Crippen LogP contribution >= 0.6 is 11.6 Å². The van der Waals surface area contributed by atoms with Crippen molar-refractivity contribution in [1.29, 1.82) is 0 Å². The Labute approximate surface area is 185 Å². The van der Waals surface area contributed by atoms with Crippen LogP contribution in [0.2, 0.25) is 5.02 Å². The summed E-state index contributed by atoms with van der Waals surface area (Å²) in [6.07, 6.45) is 1.72. The molecule has 0 saturated heterocycles. The van der Waals surface area contributed by atoms with Crippen LogP contribution in [0.15, 0.2) is 66.4 Å². The second-order valence-electron chi connectivity index (χ2n) is 7.49. The van der Waals surface area contributed by atoms with Gasteiger partial charge in [-0.15, -0.1) is 0 Å². The molecule has 0 radical (unpaired) electrons. The maximum Gasteiger partial charge on any atom is 0.231 e. The third-order valence-corrected chi connectivity index (χ3v) is 5.68. The highest BCUT2D eigenvalue weighted by molar-refractivity contribution is 6.30. The van der Waals surface area contributed by atoms with E-state index in [1.54, 1.807) is 19.3 Å². The highest BCUT2D eigenvalue weighted by Crippen LogP contribution is 2.42.